The summed E-state index contributed by atoms with van der Waals surface area (Å²) >= 11 is 9.02. The van der Waals surface area contributed by atoms with E-state index in [9.17, 15) is 9.18 Å². The molecule has 1 aliphatic rings. The van der Waals surface area contributed by atoms with Crippen molar-refractivity contribution in [3.8, 4) is 0 Å². The quantitative estimate of drug-likeness (QED) is 0.771. The van der Waals surface area contributed by atoms with Crippen molar-refractivity contribution >= 4 is 33.4 Å². The van der Waals surface area contributed by atoms with E-state index in [4.69, 9.17) is 11.6 Å². The summed E-state index contributed by atoms with van der Waals surface area (Å²) < 4.78 is 13.3. The first-order valence-corrected chi connectivity index (χ1v) is 7.42. The predicted molar refractivity (Wildman–Crippen MR) is 73.8 cm³/mol. The lowest BCUT2D eigenvalue weighted by Crippen LogP contribution is -2.28. The molecule has 0 radical (unpaired) electrons. The Balaban J connectivity index is 2.05. The van der Waals surface area contributed by atoms with Gasteiger partial charge in [-0.05, 0) is 37.0 Å². The summed E-state index contributed by atoms with van der Waals surface area (Å²) in [6.45, 7) is 1.51. The number of alkyl halides is 1. The van der Waals surface area contributed by atoms with Gasteiger partial charge in [-0.2, -0.15) is 0 Å². The van der Waals surface area contributed by atoms with Crippen LogP contribution < -0.4 is 0 Å². The minimum atomic E-state index is -0.543. The molecule has 1 amide bonds. The molecule has 5 heteroatoms. The summed E-state index contributed by atoms with van der Waals surface area (Å²) in [5.74, 6) is -0.105. The van der Waals surface area contributed by atoms with Crippen LogP contribution >= 0.6 is 27.5 Å². The summed E-state index contributed by atoms with van der Waals surface area (Å²) in [6.07, 6.45) is 2.09. The molecule has 1 atom stereocenters. The van der Waals surface area contributed by atoms with Gasteiger partial charge in [-0.25, -0.2) is 4.39 Å². The fourth-order valence-corrected chi connectivity index (χ4v) is 2.98. The van der Waals surface area contributed by atoms with Crippen LogP contribution in [0, 0.1) is 11.7 Å². The van der Waals surface area contributed by atoms with Gasteiger partial charge in [-0.1, -0.05) is 27.5 Å². The van der Waals surface area contributed by atoms with Gasteiger partial charge < -0.3 is 4.90 Å². The van der Waals surface area contributed by atoms with E-state index in [1.54, 1.807) is 11.0 Å². The van der Waals surface area contributed by atoms with Crippen molar-refractivity contribution in [3.63, 3.8) is 0 Å². The molecule has 0 aromatic heterocycles. The van der Waals surface area contributed by atoms with Gasteiger partial charge in [-0.15, -0.1) is 0 Å². The van der Waals surface area contributed by atoms with E-state index in [0.717, 1.165) is 31.3 Å². The zero-order valence-electron chi connectivity index (χ0n) is 9.83. The second kappa shape index (κ2) is 6.02. The molecule has 0 saturated carbocycles. The summed E-state index contributed by atoms with van der Waals surface area (Å²) in [7, 11) is 0. The van der Waals surface area contributed by atoms with Crippen molar-refractivity contribution in [1.29, 1.82) is 0 Å². The molecule has 0 aliphatic carbocycles. The maximum absolute atomic E-state index is 13.3. The molecule has 1 aromatic carbocycles. The summed E-state index contributed by atoms with van der Waals surface area (Å²) in [5.41, 5.74) is 0.372. The first-order chi connectivity index (χ1) is 8.61. The van der Waals surface area contributed by atoms with Gasteiger partial charge in [0.15, 0.2) is 0 Å². The Labute approximate surface area is 119 Å². The van der Waals surface area contributed by atoms with E-state index < -0.39 is 5.82 Å². The smallest absolute Gasteiger partial charge is 0.253 e. The Morgan fingerprint density at radius 1 is 1.56 bits per heavy atom. The van der Waals surface area contributed by atoms with E-state index in [2.05, 4.69) is 15.9 Å². The highest BCUT2D eigenvalue weighted by molar-refractivity contribution is 9.09. The molecule has 1 saturated heterocycles. The number of carbonyl (C=O) groups is 1. The van der Waals surface area contributed by atoms with Gasteiger partial charge in [0, 0.05) is 24.0 Å². The standard InChI is InChI=1S/C13H14BrClFNO/c14-5-3-9-4-6-17(8-9)13(18)10-1-2-11(15)12(16)7-10/h1-2,7,9H,3-6,8H2. The van der Waals surface area contributed by atoms with Crippen LogP contribution in [0.5, 0.6) is 0 Å². The highest BCUT2D eigenvalue weighted by atomic mass is 79.9. The van der Waals surface area contributed by atoms with Crippen molar-refractivity contribution in [2.24, 2.45) is 5.92 Å². The van der Waals surface area contributed by atoms with E-state index in [-0.39, 0.29) is 10.9 Å². The molecule has 18 heavy (non-hydrogen) atoms. The molecule has 1 fully saturated rings. The Kier molecular flexibility index (Phi) is 4.62. The lowest BCUT2D eigenvalue weighted by atomic mass is 10.1. The maximum Gasteiger partial charge on any atom is 0.253 e. The minimum absolute atomic E-state index is 0.0464. The summed E-state index contributed by atoms with van der Waals surface area (Å²) in [6, 6.07) is 4.21. The molecule has 1 unspecified atom stereocenters. The first kappa shape index (κ1) is 13.8. The SMILES string of the molecule is O=C(c1ccc(Cl)c(F)c1)N1CCC(CCBr)C1. The van der Waals surface area contributed by atoms with Gasteiger partial charge in [-0.3, -0.25) is 4.79 Å². The fraction of sp³-hybridized carbons (Fsp3) is 0.462. The molecule has 0 N–H and O–H groups in total. The molecule has 1 heterocycles. The number of likely N-dealkylation sites (tertiary alicyclic amines) is 1. The molecular formula is C13H14BrClFNO. The zero-order valence-corrected chi connectivity index (χ0v) is 12.2. The topological polar surface area (TPSA) is 20.3 Å². The Bertz CT molecular complexity index is 455. The van der Waals surface area contributed by atoms with E-state index >= 15 is 0 Å². The number of nitrogens with zero attached hydrogens (tertiary/aromatic N) is 1. The Hall–Kier alpha value is -0.610. The van der Waals surface area contributed by atoms with Crippen LogP contribution in [0.3, 0.4) is 0 Å². The van der Waals surface area contributed by atoms with Crippen LogP contribution in [-0.4, -0.2) is 29.2 Å². The average Bonchev–Trinajstić information content (AvgIpc) is 2.81. The van der Waals surface area contributed by atoms with Crippen molar-refractivity contribution in [2.75, 3.05) is 18.4 Å². The monoisotopic (exact) mass is 333 g/mol. The van der Waals surface area contributed by atoms with Crippen LogP contribution in [0.1, 0.15) is 23.2 Å². The van der Waals surface area contributed by atoms with Crippen LogP contribution in [0.15, 0.2) is 18.2 Å². The molecule has 0 bridgehead atoms. The van der Waals surface area contributed by atoms with Gasteiger partial charge >= 0.3 is 0 Å². The van der Waals surface area contributed by atoms with Crippen LogP contribution in [0.4, 0.5) is 4.39 Å². The summed E-state index contributed by atoms with van der Waals surface area (Å²) in [4.78, 5) is 14.0. The highest BCUT2D eigenvalue weighted by Gasteiger charge is 2.26. The van der Waals surface area contributed by atoms with Gasteiger partial charge in [0.2, 0.25) is 0 Å². The molecular weight excluding hydrogens is 321 g/mol. The zero-order chi connectivity index (χ0) is 13.1. The molecule has 1 aromatic rings. The van der Waals surface area contributed by atoms with Crippen molar-refractivity contribution < 1.29 is 9.18 Å². The van der Waals surface area contributed by atoms with Gasteiger partial charge in [0.25, 0.3) is 5.91 Å². The van der Waals surface area contributed by atoms with Gasteiger partial charge in [0.1, 0.15) is 5.82 Å². The largest absolute Gasteiger partial charge is 0.338 e. The average molecular weight is 335 g/mol. The molecule has 2 rings (SSSR count). The second-order valence-corrected chi connectivity index (χ2v) is 5.71. The molecule has 98 valence electrons. The number of rotatable bonds is 3. The molecule has 1 aliphatic heterocycles. The van der Waals surface area contributed by atoms with Crippen LogP contribution in [0.25, 0.3) is 0 Å². The molecule has 0 spiro atoms. The lowest BCUT2D eigenvalue weighted by molar-refractivity contribution is 0.0786. The number of benzene rings is 1. The number of halogens is 3. The first-order valence-electron chi connectivity index (χ1n) is 5.92. The number of hydrogen-bond donors (Lipinski definition) is 0. The van der Waals surface area contributed by atoms with Crippen LogP contribution in [0.2, 0.25) is 5.02 Å². The predicted octanol–water partition coefficient (Wildman–Crippen LogP) is 3.73. The Morgan fingerprint density at radius 3 is 3.00 bits per heavy atom. The van der Waals surface area contributed by atoms with Crippen molar-refractivity contribution in [1.82, 2.24) is 4.90 Å². The fourth-order valence-electron chi connectivity index (χ4n) is 2.22. The molecule has 2 nitrogen and oxygen atoms in total. The Morgan fingerprint density at radius 2 is 2.33 bits per heavy atom. The van der Waals surface area contributed by atoms with E-state index in [1.807, 2.05) is 0 Å². The van der Waals surface area contributed by atoms with Crippen molar-refractivity contribution in [2.45, 2.75) is 12.8 Å². The number of hydrogen-bond acceptors (Lipinski definition) is 1. The maximum atomic E-state index is 13.3. The normalized spacial score (nSPS) is 19.3. The third kappa shape index (κ3) is 3.04. The number of carbonyl (C=O) groups excluding carboxylic acids is 1. The van der Waals surface area contributed by atoms with Crippen molar-refractivity contribution in [3.05, 3.63) is 34.6 Å². The number of amides is 1. The second-order valence-electron chi connectivity index (χ2n) is 4.51. The van der Waals surface area contributed by atoms with Gasteiger partial charge in [0.05, 0.1) is 5.02 Å². The van der Waals surface area contributed by atoms with E-state index in [0.29, 0.717) is 11.5 Å². The minimum Gasteiger partial charge on any atom is -0.338 e. The highest BCUT2D eigenvalue weighted by Crippen LogP contribution is 2.23. The third-order valence-electron chi connectivity index (χ3n) is 3.26. The third-order valence-corrected chi connectivity index (χ3v) is 4.02. The lowest BCUT2D eigenvalue weighted by Gasteiger charge is -2.16. The van der Waals surface area contributed by atoms with E-state index in [1.165, 1.54) is 12.1 Å². The summed E-state index contributed by atoms with van der Waals surface area (Å²) in [5, 5.41) is 1.00. The van der Waals surface area contributed by atoms with Crippen LogP contribution in [-0.2, 0) is 0 Å².